The third-order valence-corrected chi connectivity index (χ3v) is 3.01. The molecule has 0 fully saturated rings. The number of nitrogens with zero attached hydrogens (tertiary/aromatic N) is 1. The molecule has 1 unspecified atom stereocenters. The highest BCUT2D eigenvalue weighted by molar-refractivity contribution is 6.33. The first-order valence-electron chi connectivity index (χ1n) is 5.95. The molecule has 1 aromatic rings. The second-order valence-corrected chi connectivity index (χ2v) is 4.49. The van der Waals surface area contributed by atoms with Crippen LogP contribution < -0.4 is 10.6 Å². The van der Waals surface area contributed by atoms with Gasteiger partial charge in [0.25, 0.3) is 0 Å². The van der Waals surface area contributed by atoms with Gasteiger partial charge in [0.2, 0.25) is 0 Å². The highest BCUT2D eigenvalue weighted by Gasteiger charge is 2.16. The minimum atomic E-state index is -0.954. The quantitative estimate of drug-likeness (QED) is 0.776. The molecule has 0 heterocycles. The van der Waals surface area contributed by atoms with E-state index >= 15 is 0 Å². The van der Waals surface area contributed by atoms with Crippen molar-refractivity contribution in [1.29, 1.82) is 5.26 Å². The summed E-state index contributed by atoms with van der Waals surface area (Å²) in [5.74, 6) is -1.58. The predicted octanol–water partition coefficient (Wildman–Crippen LogP) is 2.44. The van der Waals surface area contributed by atoms with Crippen molar-refractivity contribution in [2.45, 2.75) is 13.3 Å². The van der Waals surface area contributed by atoms with Crippen molar-refractivity contribution < 1.29 is 14.7 Å². The van der Waals surface area contributed by atoms with E-state index in [1.807, 2.05) is 6.07 Å². The molecule has 0 bridgehead atoms. The predicted molar refractivity (Wildman–Crippen MR) is 74.6 cm³/mol. The first-order valence-corrected chi connectivity index (χ1v) is 6.33. The summed E-state index contributed by atoms with van der Waals surface area (Å²) in [6.45, 7) is 1.77. The number of benzene rings is 1. The Bertz CT molecular complexity index is 554. The molecule has 0 aromatic heterocycles. The van der Waals surface area contributed by atoms with Gasteiger partial charge in [-0.1, -0.05) is 18.5 Å². The molecule has 6 nitrogen and oxygen atoms in total. The van der Waals surface area contributed by atoms with Crippen molar-refractivity contribution in [1.82, 2.24) is 5.32 Å². The molecule has 106 valence electrons. The number of amides is 2. The number of rotatable bonds is 5. The number of nitriles is 1. The molecular formula is C13H14ClN3O3. The van der Waals surface area contributed by atoms with Gasteiger partial charge in [-0.3, -0.25) is 4.79 Å². The molecule has 1 atom stereocenters. The van der Waals surface area contributed by atoms with E-state index in [0.717, 1.165) is 0 Å². The van der Waals surface area contributed by atoms with Gasteiger partial charge in [0.15, 0.2) is 0 Å². The number of aliphatic carboxylic acids is 1. The minimum absolute atomic E-state index is 0.0333. The molecule has 0 saturated carbocycles. The summed E-state index contributed by atoms with van der Waals surface area (Å²) in [6, 6.07) is 5.85. The van der Waals surface area contributed by atoms with E-state index in [0.29, 0.717) is 17.7 Å². The number of halogens is 1. The first-order chi connectivity index (χ1) is 9.47. The molecule has 0 spiro atoms. The number of urea groups is 1. The lowest BCUT2D eigenvalue weighted by Crippen LogP contribution is -2.35. The lowest BCUT2D eigenvalue weighted by molar-refractivity contribution is -0.141. The van der Waals surface area contributed by atoms with Crippen LogP contribution in [0.3, 0.4) is 0 Å². The molecule has 7 heteroatoms. The van der Waals surface area contributed by atoms with Crippen LogP contribution in [0.5, 0.6) is 0 Å². The molecule has 20 heavy (non-hydrogen) atoms. The third kappa shape index (κ3) is 4.44. The number of carboxylic acids is 1. The molecule has 0 saturated heterocycles. The Kier molecular flexibility index (Phi) is 5.81. The van der Waals surface area contributed by atoms with Crippen molar-refractivity contribution in [3.8, 4) is 6.07 Å². The van der Waals surface area contributed by atoms with E-state index in [2.05, 4.69) is 10.6 Å². The van der Waals surface area contributed by atoms with Crippen molar-refractivity contribution in [2.75, 3.05) is 11.9 Å². The summed E-state index contributed by atoms with van der Waals surface area (Å²) in [4.78, 5) is 22.4. The Morgan fingerprint density at radius 1 is 1.50 bits per heavy atom. The van der Waals surface area contributed by atoms with E-state index in [4.69, 9.17) is 22.0 Å². The number of carbonyl (C=O) groups is 2. The molecule has 3 N–H and O–H groups in total. The number of carbonyl (C=O) groups excluding carboxylic acids is 1. The zero-order valence-corrected chi connectivity index (χ0v) is 11.6. The van der Waals surface area contributed by atoms with Crippen LogP contribution in [0.1, 0.15) is 18.9 Å². The average molecular weight is 296 g/mol. The van der Waals surface area contributed by atoms with Crippen LogP contribution in [0, 0.1) is 17.2 Å². The Hall–Kier alpha value is -2.26. The number of carboxylic acid groups (broad SMARTS) is 1. The normalized spacial score (nSPS) is 11.2. The molecule has 1 rings (SSSR count). The lowest BCUT2D eigenvalue weighted by atomic mass is 10.1. The Morgan fingerprint density at radius 2 is 2.20 bits per heavy atom. The van der Waals surface area contributed by atoms with Gasteiger partial charge in [-0.2, -0.15) is 5.26 Å². The lowest BCUT2D eigenvalue weighted by Gasteiger charge is -2.12. The second-order valence-electron chi connectivity index (χ2n) is 4.08. The summed E-state index contributed by atoms with van der Waals surface area (Å²) in [5.41, 5.74) is 0.740. The van der Waals surface area contributed by atoms with Gasteiger partial charge in [-0.25, -0.2) is 4.79 Å². The first kappa shape index (κ1) is 15.8. The average Bonchev–Trinajstić information content (AvgIpc) is 2.41. The SMILES string of the molecule is CCC(CNC(=O)Nc1ccc(C#N)cc1Cl)C(=O)O. The van der Waals surface area contributed by atoms with Crippen molar-refractivity contribution >= 4 is 29.3 Å². The molecule has 2 amide bonds. The van der Waals surface area contributed by atoms with E-state index in [1.165, 1.54) is 18.2 Å². The number of nitrogens with one attached hydrogen (secondary N) is 2. The van der Waals surface area contributed by atoms with Gasteiger partial charge >= 0.3 is 12.0 Å². The monoisotopic (exact) mass is 295 g/mol. The smallest absolute Gasteiger partial charge is 0.319 e. The number of hydrogen-bond acceptors (Lipinski definition) is 3. The van der Waals surface area contributed by atoms with Gasteiger partial charge in [0.05, 0.1) is 28.3 Å². The van der Waals surface area contributed by atoms with Gasteiger partial charge in [0.1, 0.15) is 0 Å². The minimum Gasteiger partial charge on any atom is -0.481 e. The fraction of sp³-hybridized carbons (Fsp3) is 0.308. The fourth-order valence-electron chi connectivity index (χ4n) is 1.47. The van der Waals surface area contributed by atoms with Crippen LogP contribution in [-0.2, 0) is 4.79 Å². The fourth-order valence-corrected chi connectivity index (χ4v) is 1.70. The van der Waals surface area contributed by atoms with E-state index < -0.39 is 17.9 Å². The summed E-state index contributed by atoms with van der Waals surface area (Å²) in [5, 5.41) is 22.8. The number of anilines is 1. The zero-order valence-electron chi connectivity index (χ0n) is 10.8. The van der Waals surface area contributed by atoms with Crippen molar-refractivity contribution in [3.05, 3.63) is 28.8 Å². The molecule has 0 aliphatic carbocycles. The van der Waals surface area contributed by atoms with Gasteiger partial charge in [-0.05, 0) is 24.6 Å². The summed E-state index contributed by atoms with van der Waals surface area (Å²) in [7, 11) is 0. The molecule has 0 aliphatic rings. The second kappa shape index (κ2) is 7.36. The highest BCUT2D eigenvalue weighted by atomic mass is 35.5. The Morgan fingerprint density at radius 3 is 2.70 bits per heavy atom. The van der Waals surface area contributed by atoms with Crippen LogP contribution in [-0.4, -0.2) is 23.7 Å². The van der Waals surface area contributed by atoms with Crippen LogP contribution in [0.4, 0.5) is 10.5 Å². The van der Waals surface area contributed by atoms with E-state index in [9.17, 15) is 9.59 Å². The standard InChI is InChI=1S/C13H14ClN3O3/c1-2-9(12(18)19)7-16-13(20)17-11-4-3-8(6-15)5-10(11)14/h3-5,9H,2,7H2,1H3,(H,18,19)(H2,16,17,20). The van der Waals surface area contributed by atoms with Crippen molar-refractivity contribution in [2.24, 2.45) is 5.92 Å². The van der Waals surface area contributed by atoms with Gasteiger partial charge < -0.3 is 15.7 Å². The Labute approximate surface area is 121 Å². The van der Waals surface area contributed by atoms with Crippen LogP contribution >= 0.6 is 11.6 Å². The molecule has 1 aromatic carbocycles. The molecular weight excluding hydrogens is 282 g/mol. The van der Waals surface area contributed by atoms with Crippen LogP contribution in [0.15, 0.2) is 18.2 Å². The number of hydrogen-bond donors (Lipinski definition) is 3. The zero-order chi connectivity index (χ0) is 15.1. The van der Waals surface area contributed by atoms with Gasteiger partial charge in [-0.15, -0.1) is 0 Å². The van der Waals surface area contributed by atoms with Crippen molar-refractivity contribution in [3.63, 3.8) is 0 Å². The maximum absolute atomic E-state index is 11.6. The summed E-state index contributed by atoms with van der Waals surface area (Å²) in [6.07, 6.45) is 0.424. The topological polar surface area (TPSA) is 102 Å². The maximum atomic E-state index is 11.6. The van der Waals surface area contributed by atoms with Crippen LogP contribution in [0.2, 0.25) is 5.02 Å². The largest absolute Gasteiger partial charge is 0.481 e. The van der Waals surface area contributed by atoms with Gasteiger partial charge in [0, 0.05) is 6.54 Å². The highest BCUT2D eigenvalue weighted by Crippen LogP contribution is 2.22. The Balaban J connectivity index is 2.59. The molecule has 0 aliphatic heterocycles. The summed E-state index contributed by atoms with van der Waals surface area (Å²) >= 11 is 5.90. The third-order valence-electron chi connectivity index (χ3n) is 2.70. The van der Waals surface area contributed by atoms with Crippen LogP contribution in [0.25, 0.3) is 0 Å². The van der Waals surface area contributed by atoms with E-state index in [-0.39, 0.29) is 11.6 Å². The maximum Gasteiger partial charge on any atom is 0.319 e. The summed E-state index contributed by atoms with van der Waals surface area (Å²) < 4.78 is 0. The van der Waals surface area contributed by atoms with E-state index in [1.54, 1.807) is 6.92 Å². The molecule has 0 radical (unpaired) electrons.